The van der Waals surface area contributed by atoms with E-state index < -0.39 is 0 Å². The van der Waals surface area contributed by atoms with E-state index in [0.29, 0.717) is 29.2 Å². The second-order valence-corrected chi connectivity index (χ2v) is 6.19. The standard InChI is InChI=1S/C15H19ClN4O/c1-10-6-11(17)8-20(7-10)9-14-18-15(19-21-14)12-4-2-3-5-13(12)16/h2-5,10-11H,6-9,17H2,1H3. The van der Waals surface area contributed by atoms with Crippen molar-refractivity contribution in [2.75, 3.05) is 13.1 Å². The number of likely N-dealkylation sites (tertiary alicyclic amines) is 1. The van der Waals surface area contributed by atoms with Crippen LogP contribution < -0.4 is 5.73 Å². The summed E-state index contributed by atoms with van der Waals surface area (Å²) in [5.74, 6) is 1.73. The summed E-state index contributed by atoms with van der Waals surface area (Å²) < 4.78 is 5.35. The van der Waals surface area contributed by atoms with Crippen LogP contribution in [0.5, 0.6) is 0 Å². The fraction of sp³-hybridized carbons (Fsp3) is 0.467. The van der Waals surface area contributed by atoms with Gasteiger partial charge in [0, 0.05) is 24.7 Å². The highest BCUT2D eigenvalue weighted by atomic mass is 35.5. The third-order valence-corrected chi connectivity index (χ3v) is 4.04. The summed E-state index contributed by atoms with van der Waals surface area (Å²) in [6.45, 7) is 4.73. The van der Waals surface area contributed by atoms with Gasteiger partial charge in [0.1, 0.15) is 0 Å². The summed E-state index contributed by atoms with van der Waals surface area (Å²) in [5.41, 5.74) is 6.85. The van der Waals surface area contributed by atoms with E-state index in [0.717, 1.165) is 25.1 Å². The van der Waals surface area contributed by atoms with E-state index in [9.17, 15) is 0 Å². The molecule has 1 aliphatic heterocycles. The number of hydrogen-bond acceptors (Lipinski definition) is 5. The predicted molar refractivity (Wildman–Crippen MR) is 81.8 cm³/mol. The molecule has 0 aliphatic carbocycles. The molecule has 2 unspecified atom stereocenters. The number of hydrogen-bond donors (Lipinski definition) is 1. The van der Waals surface area contributed by atoms with Crippen LogP contribution in [0.2, 0.25) is 5.02 Å². The average Bonchev–Trinajstić information content (AvgIpc) is 2.86. The lowest BCUT2D eigenvalue weighted by atomic mass is 9.97. The van der Waals surface area contributed by atoms with Crippen molar-refractivity contribution in [1.29, 1.82) is 0 Å². The summed E-state index contributed by atoms with van der Waals surface area (Å²) in [6.07, 6.45) is 1.07. The highest BCUT2D eigenvalue weighted by molar-refractivity contribution is 6.33. The average molecular weight is 307 g/mol. The Morgan fingerprint density at radius 2 is 2.19 bits per heavy atom. The second kappa shape index (κ2) is 6.13. The quantitative estimate of drug-likeness (QED) is 0.944. The highest BCUT2D eigenvalue weighted by Gasteiger charge is 2.24. The highest BCUT2D eigenvalue weighted by Crippen LogP contribution is 2.25. The molecule has 1 saturated heterocycles. The maximum atomic E-state index is 6.15. The van der Waals surface area contributed by atoms with Crippen molar-refractivity contribution in [3.8, 4) is 11.4 Å². The third kappa shape index (κ3) is 3.43. The van der Waals surface area contributed by atoms with E-state index in [1.807, 2.05) is 24.3 Å². The van der Waals surface area contributed by atoms with Crippen LogP contribution in [0, 0.1) is 5.92 Å². The fourth-order valence-electron chi connectivity index (χ4n) is 2.90. The van der Waals surface area contributed by atoms with Crippen molar-refractivity contribution in [1.82, 2.24) is 15.0 Å². The second-order valence-electron chi connectivity index (χ2n) is 5.79. The van der Waals surface area contributed by atoms with Gasteiger partial charge >= 0.3 is 0 Å². The number of halogens is 1. The fourth-order valence-corrected chi connectivity index (χ4v) is 3.12. The molecule has 2 atom stereocenters. The zero-order valence-electron chi connectivity index (χ0n) is 12.0. The van der Waals surface area contributed by atoms with Gasteiger partial charge < -0.3 is 10.3 Å². The Hall–Kier alpha value is -1.43. The van der Waals surface area contributed by atoms with Gasteiger partial charge in [0.2, 0.25) is 11.7 Å². The lowest BCUT2D eigenvalue weighted by molar-refractivity contribution is 0.142. The monoisotopic (exact) mass is 306 g/mol. The SMILES string of the molecule is CC1CC(N)CN(Cc2nc(-c3ccccc3Cl)no2)C1. The number of nitrogens with zero attached hydrogens (tertiary/aromatic N) is 3. The Morgan fingerprint density at radius 3 is 2.95 bits per heavy atom. The molecule has 112 valence electrons. The van der Waals surface area contributed by atoms with Crippen molar-refractivity contribution in [2.24, 2.45) is 11.7 Å². The van der Waals surface area contributed by atoms with Crippen molar-refractivity contribution >= 4 is 11.6 Å². The van der Waals surface area contributed by atoms with E-state index in [1.54, 1.807) is 0 Å². The van der Waals surface area contributed by atoms with Gasteiger partial charge in [0.05, 0.1) is 11.6 Å². The van der Waals surface area contributed by atoms with Gasteiger partial charge in [0.15, 0.2) is 0 Å². The van der Waals surface area contributed by atoms with E-state index in [2.05, 4.69) is 22.0 Å². The zero-order chi connectivity index (χ0) is 14.8. The molecule has 0 spiro atoms. The first-order chi connectivity index (χ1) is 10.1. The van der Waals surface area contributed by atoms with E-state index in [1.165, 1.54) is 0 Å². The summed E-state index contributed by atoms with van der Waals surface area (Å²) in [5, 5.41) is 4.65. The molecule has 0 saturated carbocycles. The Bertz CT molecular complexity index is 605. The van der Waals surface area contributed by atoms with Crippen LogP contribution in [-0.2, 0) is 6.54 Å². The van der Waals surface area contributed by atoms with Crippen molar-refractivity contribution in [2.45, 2.75) is 25.9 Å². The molecule has 2 heterocycles. The summed E-state index contributed by atoms with van der Waals surface area (Å²) in [4.78, 5) is 6.71. The molecule has 1 aliphatic rings. The summed E-state index contributed by atoms with van der Waals surface area (Å²) >= 11 is 6.15. The Labute approximate surface area is 129 Å². The first-order valence-corrected chi connectivity index (χ1v) is 7.55. The van der Waals surface area contributed by atoms with Gasteiger partial charge in [-0.2, -0.15) is 4.98 Å². The van der Waals surface area contributed by atoms with E-state index in [-0.39, 0.29) is 6.04 Å². The van der Waals surface area contributed by atoms with Gasteiger partial charge in [-0.05, 0) is 24.5 Å². The molecule has 5 nitrogen and oxygen atoms in total. The van der Waals surface area contributed by atoms with Crippen LogP contribution >= 0.6 is 11.6 Å². The van der Waals surface area contributed by atoms with Gasteiger partial charge in [0.25, 0.3) is 0 Å². The van der Waals surface area contributed by atoms with Crippen LogP contribution in [0.25, 0.3) is 11.4 Å². The van der Waals surface area contributed by atoms with Crippen LogP contribution in [0.3, 0.4) is 0 Å². The van der Waals surface area contributed by atoms with Gasteiger partial charge in [-0.3, -0.25) is 4.90 Å². The molecular formula is C15H19ClN4O. The minimum Gasteiger partial charge on any atom is -0.338 e. The predicted octanol–water partition coefficient (Wildman–Crippen LogP) is 2.56. The number of benzene rings is 1. The first kappa shape index (κ1) is 14.5. The zero-order valence-corrected chi connectivity index (χ0v) is 12.8. The first-order valence-electron chi connectivity index (χ1n) is 7.17. The van der Waals surface area contributed by atoms with Crippen molar-refractivity contribution in [3.05, 3.63) is 35.2 Å². The largest absolute Gasteiger partial charge is 0.338 e. The number of rotatable bonds is 3. The van der Waals surface area contributed by atoms with Crippen molar-refractivity contribution in [3.63, 3.8) is 0 Å². The number of piperidine rings is 1. The van der Waals surface area contributed by atoms with Crippen LogP contribution in [0.15, 0.2) is 28.8 Å². The lowest BCUT2D eigenvalue weighted by Gasteiger charge is -2.33. The molecule has 2 N–H and O–H groups in total. The molecule has 1 fully saturated rings. The molecular weight excluding hydrogens is 288 g/mol. The van der Waals surface area contributed by atoms with E-state index in [4.69, 9.17) is 21.9 Å². The molecule has 0 radical (unpaired) electrons. The Balaban J connectivity index is 1.72. The summed E-state index contributed by atoms with van der Waals surface area (Å²) in [7, 11) is 0. The molecule has 1 aromatic carbocycles. The minimum atomic E-state index is 0.222. The molecule has 0 bridgehead atoms. The molecule has 0 amide bonds. The van der Waals surface area contributed by atoms with Crippen LogP contribution in [0.1, 0.15) is 19.2 Å². The van der Waals surface area contributed by atoms with Crippen LogP contribution in [-0.4, -0.2) is 34.2 Å². The van der Waals surface area contributed by atoms with E-state index >= 15 is 0 Å². The van der Waals surface area contributed by atoms with Crippen molar-refractivity contribution < 1.29 is 4.52 Å². The summed E-state index contributed by atoms with van der Waals surface area (Å²) in [6, 6.07) is 7.71. The smallest absolute Gasteiger partial charge is 0.241 e. The molecule has 3 rings (SSSR count). The van der Waals surface area contributed by atoms with Crippen LogP contribution in [0.4, 0.5) is 0 Å². The molecule has 1 aromatic heterocycles. The third-order valence-electron chi connectivity index (χ3n) is 3.71. The Morgan fingerprint density at radius 1 is 1.38 bits per heavy atom. The Kier molecular flexibility index (Phi) is 4.24. The van der Waals surface area contributed by atoms with Gasteiger partial charge in [-0.1, -0.05) is 35.8 Å². The minimum absolute atomic E-state index is 0.222. The number of aromatic nitrogens is 2. The normalized spacial score (nSPS) is 23.4. The van der Waals surface area contributed by atoms with Gasteiger partial charge in [-0.25, -0.2) is 0 Å². The maximum Gasteiger partial charge on any atom is 0.241 e. The maximum absolute atomic E-state index is 6.15. The molecule has 6 heteroatoms. The molecule has 2 aromatic rings. The van der Waals surface area contributed by atoms with Gasteiger partial charge in [-0.15, -0.1) is 0 Å². The molecule has 21 heavy (non-hydrogen) atoms. The number of nitrogens with two attached hydrogens (primary N) is 1. The lowest BCUT2D eigenvalue weighted by Crippen LogP contribution is -2.45. The topological polar surface area (TPSA) is 68.2 Å².